The van der Waals surface area contributed by atoms with E-state index in [0.717, 1.165) is 0 Å². The minimum atomic E-state index is -1.07. The lowest BCUT2D eigenvalue weighted by Crippen LogP contribution is -2.35. The molecule has 1 unspecified atom stereocenters. The molecule has 0 saturated carbocycles. The van der Waals surface area contributed by atoms with Gasteiger partial charge >= 0.3 is 5.97 Å². The summed E-state index contributed by atoms with van der Waals surface area (Å²) in [6.45, 7) is 2.31. The van der Waals surface area contributed by atoms with Gasteiger partial charge in [0.25, 0.3) is 0 Å². The number of carboxylic acid groups (broad SMARTS) is 1. The van der Waals surface area contributed by atoms with Crippen LogP contribution in [0.25, 0.3) is 0 Å². The smallest absolute Gasteiger partial charge is 0.337 e. The fourth-order valence-corrected chi connectivity index (χ4v) is 1.72. The van der Waals surface area contributed by atoms with Gasteiger partial charge in [0.15, 0.2) is 0 Å². The first kappa shape index (κ1) is 15.8. The number of halogens is 1. The standard InChI is InChI=1S/C13H18ClNO4/c1-13(18,5-6-19-2)8-15-11-4-3-9(14)7-10(11)12(16)17/h3-4,7,15,18H,5-6,8H2,1-2H3,(H,16,17). The van der Waals surface area contributed by atoms with Gasteiger partial charge < -0.3 is 20.3 Å². The molecule has 1 rings (SSSR count). The molecule has 0 heterocycles. The van der Waals surface area contributed by atoms with Crippen LogP contribution in [-0.2, 0) is 4.74 Å². The summed E-state index contributed by atoms with van der Waals surface area (Å²) in [4.78, 5) is 11.1. The van der Waals surface area contributed by atoms with Crippen molar-refractivity contribution in [2.24, 2.45) is 0 Å². The monoisotopic (exact) mass is 287 g/mol. The highest BCUT2D eigenvalue weighted by Crippen LogP contribution is 2.22. The van der Waals surface area contributed by atoms with Gasteiger partial charge in [-0.25, -0.2) is 4.79 Å². The first-order valence-corrected chi connectivity index (χ1v) is 6.21. The maximum Gasteiger partial charge on any atom is 0.337 e. The van der Waals surface area contributed by atoms with Crippen LogP contribution in [0.15, 0.2) is 18.2 Å². The van der Waals surface area contributed by atoms with E-state index in [1.807, 2.05) is 0 Å². The molecule has 0 saturated heterocycles. The Morgan fingerprint density at radius 2 is 2.21 bits per heavy atom. The van der Waals surface area contributed by atoms with E-state index in [1.165, 1.54) is 6.07 Å². The molecule has 3 N–H and O–H groups in total. The lowest BCUT2D eigenvalue weighted by Gasteiger charge is -2.24. The van der Waals surface area contributed by atoms with E-state index in [0.29, 0.717) is 23.7 Å². The number of hydrogen-bond donors (Lipinski definition) is 3. The quantitative estimate of drug-likeness (QED) is 0.717. The molecule has 0 radical (unpaired) electrons. The molecule has 0 aliphatic heterocycles. The first-order chi connectivity index (χ1) is 8.85. The van der Waals surface area contributed by atoms with Gasteiger partial charge in [0.2, 0.25) is 0 Å². The molecule has 0 aromatic heterocycles. The van der Waals surface area contributed by atoms with Crippen LogP contribution in [0.5, 0.6) is 0 Å². The average molecular weight is 288 g/mol. The van der Waals surface area contributed by atoms with Gasteiger partial charge in [0.1, 0.15) is 0 Å². The van der Waals surface area contributed by atoms with Crippen molar-refractivity contribution >= 4 is 23.3 Å². The molecule has 1 aromatic carbocycles. The van der Waals surface area contributed by atoms with Crippen LogP contribution in [0.3, 0.4) is 0 Å². The van der Waals surface area contributed by atoms with Gasteiger partial charge in [-0.2, -0.15) is 0 Å². The highest BCUT2D eigenvalue weighted by molar-refractivity contribution is 6.31. The van der Waals surface area contributed by atoms with Crippen molar-refractivity contribution in [3.05, 3.63) is 28.8 Å². The fourth-order valence-electron chi connectivity index (χ4n) is 1.54. The van der Waals surface area contributed by atoms with Crippen molar-refractivity contribution in [3.63, 3.8) is 0 Å². The molecule has 0 bridgehead atoms. The second-order valence-corrected chi connectivity index (χ2v) is 5.02. The molecule has 1 aromatic rings. The van der Waals surface area contributed by atoms with Gasteiger partial charge in [-0.3, -0.25) is 0 Å². The maximum atomic E-state index is 11.1. The number of carboxylic acids is 1. The molecule has 0 aliphatic rings. The Morgan fingerprint density at radius 3 is 2.79 bits per heavy atom. The zero-order valence-electron chi connectivity index (χ0n) is 10.9. The summed E-state index contributed by atoms with van der Waals surface area (Å²) in [5.74, 6) is -1.07. The van der Waals surface area contributed by atoms with Crippen molar-refractivity contribution in [1.82, 2.24) is 0 Å². The molecule has 0 spiro atoms. The van der Waals surface area contributed by atoms with E-state index in [9.17, 15) is 9.90 Å². The van der Waals surface area contributed by atoms with Crippen LogP contribution in [-0.4, -0.2) is 42.0 Å². The highest BCUT2D eigenvalue weighted by atomic mass is 35.5. The summed E-state index contributed by atoms with van der Waals surface area (Å²) < 4.78 is 4.91. The number of benzene rings is 1. The Labute approximate surface area is 117 Å². The third kappa shape index (κ3) is 5.06. The van der Waals surface area contributed by atoms with Gasteiger partial charge in [-0.1, -0.05) is 11.6 Å². The number of methoxy groups -OCH3 is 1. The van der Waals surface area contributed by atoms with E-state index in [2.05, 4.69) is 5.32 Å². The van der Waals surface area contributed by atoms with Crippen LogP contribution >= 0.6 is 11.6 Å². The molecular weight excluding hydrogens is 270 g/mol. The summed E-state index contributed by atoms with van der Waals surface area (Å²) in [5, 5.41) is 22.4. The van der Waals surface area contributed by atoms with E-state index in [4.69, 9.17) is 21.4 Å². The largest absolute Gasteiger partial charge is 0.478 e. The summed E-state index contributed by atoms with van der Waals surface area (Å²) in [5.41, 5.74) is -0.476. The zero-order valence-corrected chi connectivity index (χ0v) is 11.7. The molecule has 106 valence electrons. The van der Waals surface area contributed by atoms with Crippen molar-refractivity contribution in [2.45, 2.75) is 18.9 Å². The number of rotatable bonds is 7. The second-order valence-electron chi connectivity index (χ2n) is 4.59. The second kappa shape index (κ2) is 6.75. The number of carbonyl (C=O) groups is 1. The van der Waals surface area contributed by atoms with Crippen LogP contribution < -0.4 is 5.32 Å². The first-order valence-electron chi connectivity index (χ1n) is 5.84. The van der Waals surface area contributed by atoms with Crippen molar-refractivity contribution in [1.29, 1.82) is 0 Å². The van der Waals surface area contributed by atoms with Crippen LogP contribution in [0.4, 0.5) is 5.69 Å². The molecule has 5 nitrogen and oxygen atoms in total. The van der Waals surface area contributed by atoms with E-state index < -0.39 is 11.6 Å². The van der Waals surface area contributed by atoms with Crippen molar-refractivity contribution in [3.8, 4) is 0 Å². The molecule has 0 amide bonds. The Kier molecular flexibility index (Phi) is 5.60. The van der Waals surface area contributed by atoms with Crippen LogP contribution in [0.2, 0.25) is 5.02 Å². The van der Waals surface area contributed by atoms with E-state index in [-0.39, 0.29) is 12.1 Å². The van der Waals surface area contributed by atoms with E-state index in [1.54, 1.807) is 26.2 Å². The number of anilines is 1. The Morgan fingerprint density at radius 1 is 1.53 bits per heavy atom. The normalized spacial score (nSPS) is 13.9. The number of hydrogen-bond acceptors (Lipinski definition) is 4. The third-order valence-electron chi connectivity index (χ3n) is 2.72. The topological polar surface area (TPSA) is 78.8 Å². The average Bonchev–Trinajstić information content (AvgIpc) is 2.35. The number of aromatic carboxylic acids is 1. The third-order valence-corrected chi connectivity index (χ3v) is 2.95. The van der Waals surface area contributed by atoms with Gasteiger partial charge in [-0.15, -0.1) is 0 Å². The van der Waals surface area contributed by atoms with Gasteiger partial charge in [0.05, 0.1) is 11.2 Å². The molecule has 0 aliphatic carbocycles. The SMILES string of the molecule is COCCC(C)(O)CNc1ccc(Cl)cc1C(=O)O. The minimum Gasteiger partial charge on any atom is -0.478 e. The highest BCUT2D eigenvalue weighted by Gasteiger charge is 2.21. The fraction of sp³-hybridized carbons (Fsp3) is 0.462. The van der Waals surface area contributed by atoms with Crippen molar-refractivity contribution in [2.75, 3.05) is 25.6 Å². The van der Waals surface area contributed by atoms with Gasteiger partial charge in [-0.05, 0) is 25.1 Å². The lowest BCUT2D eigenvalue weighted by molar-refractivity contribution is 0.0356. The van der Waals surface area contributed by atoms with Crippen LogP contribution in [0.1, 0.15) is 23.7 Å². The maximum absolute atomic E-state index is 11.1. The van der Waals surface area contributed by atoms with E-state index >= 15 is 0 Å². The summed E-state index contributed by atoms with van der Waals surface area (Å²) >= 11 is 5.76. The molecule has 0 fully saturated rings. The zero-order chi connectivity index (χ0) is 14.5. The predicted octanol–water partition coefficient (Wildman–Crippen LogP) is 2.24. The molecule has 1 atom stereocenters. The number of aliphatic hydroxyl groups is 1. The summed E-state index contributed by atoms with van der Waals surface area (Å²) in [7, 11) is 1.56. The van der Waals surface area contributed by atoms with Gasteiger partial charge in [0, 0.05) is 37.4 Å². The number of nitrogens with one attached hydrogen (secondary N) is 1. The van der Waals surface area contributed by atoms with Crippen molar-refractivity contribution < 1.29 is 19.7 Å². The lowest BCUT2D eigenvalue weighted by atomic mass is 10.0. The van der Waals surface area contributed by atoms with Crippen LogP contribution in [0, 0.1) is 0 Å². The predicted molar refractivity (Wildman–Crippen MR) is 74.0 cm³/mol. The minimum absolute atomic E-state index is 0.0787. The molecule has 6 heteroatoms. The summed E-state index contributed by atoms with van der Waals surface area (Å²) in [6.07, 6.45) is 0.451. The Hall–Kier alpha value is -1.30. The molecular formula is C13H18ClNO4. The molecule has 19 heavy (non-hydrogen) atoms. The number of ether oxygens (including phenoxy) is 1. The Bertz CT molecular complexity index is 448. The summed E-state index contributed by atoms with van der Waals surface area (Å²) in [6, 6.07) is 4.55. The Balaban J connectivity index is 2.75.